The summed E-state index contributed by atoms with van der Waals surface area (Å²) >= 11 is 0. The first-order valence-corrected chi connectivity index (χ1v) is 6.58. The van der Waals surface area contributed by atoms with Gasteiger partial charge in [-0.15, -0.1) is 0 Å². The number of aliphatic hydroxyl groups is 1. The second-order valence-corrected chi connectivity index (χ2v) is 4.86. The van der Waals surface area contributed by atoms with E-state index in [1.807, 2.05) is 24.3 Å². The topological polar surface area (TPSA) is 38.7 Å². The number of aliphatic hydroxyl groups excluding tert-OH is 1. The summed E-state index contributed by atoms with van der Waals surface area (Å²) < 4.78 is 11.1. The molecule has 0 aromatic heterocycles. The van der Waals surface area contributed by atoms with E-state index in [1.165, 1.54) is 0 Å². The van der Waals surface area contributed by atoms with Crippen LogP contribution in [0.1, 0.15) is 38.9 Å². The number of rotatable bonds is 8. The third kappa shape index (κ3) is 5.52. The molecule has 0 aliphatic rings. The fourth-order valence-electron chi connectivity index (χ4n) is 1.59. The van der Waals surface area contributed by atoms with Crippen LogP contribution in [-0.2, 0) is 4.74 Å². The van der Waals surface area contributed by atoms with Crippen molar-refractivity contribution in [1.82, 2.24) is 0 Å². The van der Waals surface area contributed by atoms with Gasteiger partial charge in [0.2, 0.25) is 0 Å². The molecule has 3 heteroatoms. The molecule has 0 heterocycles. The zero-order chi connectivity index (χ0) is 13.4. The van der Waals surface area contributed by atoms with Gasteiger partial charge in [0.1, 0.15) is 12.4 Å². The Bertz CT molecular complexity index is 334. The van der Waals surface area contributed by atoms with Crippen LogP contribution in [0.3, 0.4) is 0 Å². The summed E-state index contributed by atoms with van der Waals surface area (Å²) in [4.78, 5) is 0. The van der Waals surface area contributed by atoms with Crippen LogP contribution in [0.15, 0.2) is 24.3 Å². The minimum atomic E-state index is -0.511. The first-order valence-electron chi connectivity index (χ1n) is 6.58. The highest BCUT2D eigenvalue weighted by molar-refractivity contribution is 5.34. The molecule has 0 unspecified atom stereocenters. The third-order valence-electron chi connectivity index (χ3n) is 2.69. The fourth-order valence-corrected chi connectivity index (χ4v) is 1.59. The molecule has 0 aliphatic carbocycles. The van der Waals surface area contributed by atoms with Crippen LogP contribution >= 0.6 is 0 Å². The minimum absolute atomic E-state index is 0.511. The van der Waals surface area contributed by atoms with Crippen molar-refractivity contribution in [2.45, 2.75) is 33.3 Å². The Morgan fingerprint density at radius 3 is 2.44 bits per heavy atom. The Morgan fingerprint density at radius 1 is 1.06 bits per heavy atom. The van der Waals surface area contributed by atoms with E-state index in [0.29, 0.717) is 19.1 Å². The first-order chi connectivity index (χ1) is 8.61. The van der Waals surface area contributed by atoms with Gasteiger partial charge < -0.3 is 14.6 Å². The molecule has 18 heavy (non-hydrogen) atoms. The zero-order valence-electron chi connectivity index (χ0n) is 11.6. The van der Waals surface area contributed by atoms with Crippen LogP contribution < -0.4 is 4.74 Å². The zero-order valence-corrected chi connectivity index (χ0v) is 11.6. The molecule has 1 rings (SSSR count). The maximum Gasteiger partial charge on any atom is 0.125 e. The Labute approximate surface area is 110 Å². The number of hydrogen-bond acceptors (Lipinski definition) is 3. The van der Waals surface area contributed by atoms with Gasteiger partial charge in [-0.3, -0.25) is 0 Å². The summed E-state index contributed by atoms with van der Waals surface area (Å²) in [5.41, 5.74) is 0.819. The van der Waals surface area contributed by atoms with Crippen LogP contribution in [0.4, 0.5) is 0 Å². The van der Waals surface area contributed by atoms with Crippen molar-refractivity contribution < 1.29 is 14.6 Å². The number of ether oxygens (including phenoxy) is 2. The predicted octanol–water partition coefficient (Wildman–Crippen LogP) is 3.18. The molecular formula is C15H24O3. The average molecular weight is 252 g/mol. The lowest BCUT2D eigenvalue weighted by molar-refractivity contribution is 0.0909. The lowest BCUT2D eigenvalue weighted by Crippen LogP contribution is -2.10. The van der Waals surface area contributed by atoms with E-state index < -0.39 is 6.10 Å². The Hall–Kier alpha value is -1.06. The molecule has 0 saturated heterocycles. The van der Waals surface area contributed by atoms with Crippen LogP contribution in [0, 0.1) is 5.92 Å². The monoisotopic (exact) mass is 252 g/mol. The molecule has 1 aromatic rings. The van der Waals surface area contributed by atoms with Crippen LogP contribution in [0.5, 0.6) is 5.75 Å². The molecular weight excluding hydrogens is 228 g/mol. The van der Waals surface area contributed by atoms with E-state index in [1.54, 1.807) is 6.92 Å². The fraction of sp³-hybridized carbons (Fsp3) is 0.600. The molecule has 0 aliphatic heterocycles. The Morgan fingerprint density at radius 2 is 1.78 bits per heavy atom. The van der Waals surface area contributed by atoms with Gasteiger partial charge in [-0.2, -0.15) is 0 Å². The molecule has 1 atom stereocenters. The van der Waals surface area contributed by atoms with E-state index in [0.717, 1.165) is 24.3 Å². The van der Waals surface area contributed by atoms with Gasteiger partial charge in [0.15, 0.2) is 0 Å². The highest BCUT2D eigenvalue weighted by Crippen LogP contribution is 2.24. The SMILES string of the molecule is CC(C)CCOCCOc1ccccc1[C@@H](C)O. The molecule has 102 valence electrons. The summed E-state index contributed by atoms with van der Waals surface area (Å²) in [6.07, 6.45) is 0.563. The Kier molecular flexibility index (Phi) is 6.76. The standard InChI is InChI=1S/C15H24O3/c1-12(2)8-9-17-10-11-18-15-7-5-4-6-14(15)13(3)16/h4-7,12-13,16H,8-11H2,1-3H3/t13-/m1/s1. The van der Waals surface area contributed by atoms with Crippen LogP contribution in [-0.4, -0.2) is 24.9 Å². The van der Waals surface area contributed by atoms with Crippen molar-refractivity contribution in [2.75, 3.05) is 19.8 Å². The molecule has 0 spiro atoms. The van der Waals surface area contributed by atoms with Crippen molar-refractivity contribution in [2.24, 2.45) is 5.92 Å². The van der Waals surface area contributed by atoms with E-state index in [-0.39, 0.29) is 0 Å². The van der Waals surface area contributed by atoms with Crippen molar-refractivity contribution in [1.29, 1.82) is 0 Å². The van der Waals surface area contributed by atoms with E-state index in [9.17, 15) is 5.11 Å². The van der Waals surface area contributed by atoms with E-state index >= 15 is 0 Å². The third-order valence-corrected chi connectivity index (χ3v) is 2.69. The normalized spacial score (nSPS) is 12.7. The Balaban J connectivity index is 2.27. The molecule has 1 N–H and O–H groups in total. The van der Waals surface area contributed by atoms with E-state index in [4.69, 9.17) is 9.47 Å². The summed E-state index contributed by atoms with van der Waals surface area (Å²) in [7, 11) is 0. The van der Waals surface area contributed by atoms with Gasteiger partial charge in [-0.25, -0.2) is 0 Å². The highest BCUT2D eigenvalue weighted by Gasteiger charge is 2.07. The molecule has 1 aromatic carbocycles. The summed E-state index contributed by atoms with van der Waals surface area (Å²) in [5, 5.41) is 9.60. The van der Waals surface area contributed by atoms with Gasteiger partial charge in [0.05, 0.1) is 12.7 Å². The summed E-state index contributed by atoms with van der Waals surface area (Å²) in [6.45, 7) is 7.97. The molecule has 3 nitrogen and oxygen atoms in total. The van der Waals surface area contributed by atoms with Crippen molar-refractivity contribution >= 4 is 0 Å². The number of para-hydroxylation sites is 1. The quantitative estimate of drug-likeness (QED) is 0.722. The van der Waals surface area contributed by atoms with Crippen molar-refractivity contribution in [3.05, 3.63) is 29.8 Å². The number of benzene rings is 1. The molecule has 0 radical (unpaired) electrons. The van der Waals surface area contributed by atoms with Gasteiger partial charge in [-0.1, -0.05) is 32.0 Å². The van der Waals surface area contributed by atoms with Crippen LogP contribution in [0.2, 0.25) is 0 Å². The van der Waals surface area contributed by atoms with Crippen molar-refractivity contribution in [3.8, 4) is 5.75 Å². The predicted molar refractivity (Wildman–Crippen MR) is 72.8 cm³/mol. The van der Waals surface area contributed by atoms with Gasteiger partial charge in [0.25, 0.3) is 0 Å². The van der Waals surface area contributed by atoms with Gasteiger partial charge in [0, 0.05) is 12.2 Å². The lowest BCUT2D eigenvalue weighted by atomic mass is 10.1. The second-order valence-electron chi connectivity index (χ2n) is 4.86. The highest BCUT2D eigenvalue weighted by atomic mass is 16.5. The lowest BCUT2D eigenvalue weighted by Gasteiger charge is -2.13. The number of hydrogen-bond donors (Lipinski definition) is 1. The molecule has 0 amide bonds. The van der Waals surface area contributed by atoms with Gasteiger partial charge >= 0.3 is 0 Å². The van der Waals surface area contributed by atoms with Crippen molar-refractivity contribution in [3.63, 3.8) is 0 Å². The largest absolute Gasteiger partial charge is 0.491 e. The summed E-state index contributed by atoms with van der Waals surface area (Å²) in [6, 6.07) is 7.55. The van der Waals surface area contributed by atoms with Gasteiger partial charge in [-0.05, 0) is 25.3 Å². The maximum atomic E-state index is 9.60. The molecule has 0 saturated carbocycles. The maximum absolute atomic E-state index is 9.60. The summed E-state index contributed by atoms with van der Waals surface area (Å²) in [5.74, 6) is 1.40. The smallest absolute Gasteiger partial charge is 0.125 e. The average Bonchev–Trinajstić information content (AvgIpc) is 2.33. The molecule has 0 bridgehead atoms. The molecule has 0 fully saturated rings. The minimum Gasteiger partial charge on any atom is -0.491 e. The van der Waals surface area contributed by atoms with Crippen LogP contribution in [0.25, 0.3) is 0 Å². The first kappa shape index (κ1) is 15.0. The second kappa shape index (κ2) is 8.11. The van der Waals surface area contributed by atoms with E-state index in [2.05, 4.69) is 13.8 Å².